The molecule has 1 aliphatic rings. The molecule has 1 saturated carbocycles. The molecule has 4 nitrogen and oxygen atoms in total. The van der Waals surface area contributed by atoms with Gasteiger partial charge in [-0.25, -0.2) is 9.97 Å². The van der Waals surface area contributed by atoms with Crippen LogP contribution in [0.3, 0.4) is 0 Å². The lowest BCUT2D eigenvalue weighted by Gasteiger charge is -2.35. The fourth-order valence-corrected chi connectivity index (χ4v) is 4.07. The van der Waals surface area contributed by atoms with Crippen LogP contribution < -0.4 is 4.90 Å². The summed E-state index contributed by atoms with van der Waals surface area (Å²) in [5.74, 6) is 2.06. The van der Waals surface area contributed by atoms with E-state index in [4.69, 9.17) is 0 Å². The predicted octanol–water partition coefficient (Wildman–Crippen LogP) is 1.74. The second-order valence-electron chi connectivity index (χ2n) is 5.63. The van der Waals surface area contributed by atoms with Gasteiger partial charge in [-0.15, -0.1) is 0 Å². The van der Waals surface area contributed by atoms with Gasteiger partial charge in [0.2, 0.25) is 0 Å². The van der Waals surface area contributed by atoms with Crippen LogP contribution in [-0.2, 0) is 0 Å². The Kier molecular flexibility index (Phi) is 3.55. The Balaban J connectivity index is 1.80. The highest BCUT2D eigenvalue weighted by Crippen LogP contribution is 2.32. The molecule has 102 valence electrons. The second kappa shape index (κ2) is 5.33. The van der Waals surface area contributed by atoms with Crippen molar-refractivity contribution in [3.05, 3.63) is 18.6 Å². The normalized spacial score (nSPS) is 23.8. The zero-order valence-electron chi connectivity index (χ0n) is 11.8. The van der Waals surface area contributed by atoms with Crippen molar-refractivity contribution < 1.29 is 0 Å². The summed E-state index contributed by atoms with van der Waals surface area (Å²) in [6.07, 6.45) is 8.99. The third kappa shape index (κ3) is 2.39. The van der Waals surface area contributed by atoms with Crippen molar-refractivity contribution in [2.75, 3.05) is 11.9 Å². The van der Waals surface area contributed by atoms with E-state index in [0.29, 0.717) is 6.04 Å². The van der Waals surface area contributed by atoms with E-state index in [-0.39, 0.29) is 0 Å². The van der Waals surface area contributed by atoms with Gasteiger partial charge in [-0.3, -0.25) is 0 Å². The van der Waals surface area contributed by atoms with E-state index in [9.17, 15) is 0 Å². The summed E-state index contributed by atoms with van der Waals surface area (Å²) < 4.78 is 0. The van der Waals surface area contributed by atoms with Crippen molar-refractivity contribution in [1.29, 1.82) is 0 Å². The van der Waals surface area contributed by atoms with Crippen LogP contribution >= 0.6 is 0 Å². The molecule has 0 unspecified atom stereocenters. The molecule has 0 spiro atoms. The Morgan fingerprint density at radius 3 is 2.84 bits per heavy atom. The van der Waals surface area contributed by atoms with Crippen LogP contribution in [0.4, 0.5) is 5.82 Å². The number of hydrogen-bond acceptors (Lipinski definition) is 3. The Hall–Kier alpha value is -1.36. The highest BCUT2D eigenvalue weighted by atomic mass is 28.1. The van der Waals surface area contributed by atoms with E-state index >= 15 is 0 Å². The van der Waals surface area contributed by atoms with Gasteiger partial charge in [0.1, 0.15) is 17.8 Å². The molecular formula is C14H22N4Si. The molecule has 3 rings (SSSR count). The number of nitrogens with one attached hydrogen (secondary N) is 1. The molecule has 0 atom stereocenters. The molecule has 0 aliphatic heterocycles. The number of aromatic nitrogens is 3. The molecular weight excluding hydrogens is 252 g/mol. The molecule has 0 bridgehead atoms. The van der Waals surface area contributed by atoms with Gasteiger partial charge in [-0.2, -0.15) is 0 Å². The Bertz CT molecular complexity index is 545. The van der Waals surface area contributed by atoms with E-state index in [1.807, 2.05) is 6.20 Å². The second-order valence-corrected chi connectivity index (χ2v) is 6.45. The minimum absolute atomic E-state index is 0.637. The maximum Gasteiger partial charge on any atom is 0.142 e. The number of fused-ring (bicyclic) bond motifs is 1. The van der Waals surface area contributed by atoms with Gasteiger partial charge in [0.25, 0.3) is 0 Å². The summed E-state index contributed by atoms with van der Waals surface area (Å²) >= 11 is 0. The van der Waals surface area contributed by atoms with Crippen molar-refractivity contribution >= 4 is 27.1 Å². The SMILES string of the molecule is CN(c1ncnc2[nH]ccc12)C1CCC(C[SiH3])CC1. The molecule has 0 saturated heterocycles. The highest BCUT2D eigenvalue weighted by Gasteiger charge is 2.24. The summed E-state index contributed by atoms with van der Waals surface area (Å²) in [4.78, 5) is 14.3. The number of H-pyrrole nitrogens is 1. The summed E-state index contributed by atoms with van der Waals surface area (Å²) in [6, 6.07) is 4.17. The highest BCUT2D eigenvalue weighted by molar-refractivity contribution is 6.08. The Morgan fingerprint density at radius 2 is 2.11 bits per heavy atom. The fraction of sp³-hybridized carbons (Fsp3) is 0.571. The summed E-state index contributed by atoms with van der Waals surface area (Å²) in [5.41, 5.74) is 0.935. The average Bonchev–Trinajstić information content (AvgIpc) is 2.95. The minimum Gasteiger partial charge on any atom is -0.356 e. The van der Waals surface area contributed by atoms with Crippen molar-refractivity contribution in [3.63, 3.8) is 0 Å². The largest absolute Gasteiger partial charge is 0.356 e. The van der Waals surface area contributed by atoms with Crippen molar-refractivity contribution in [2.24, 2.45) is 5.92 Å². The fourth-order valence-electron chi connectivity index (χ4n) is 3.25. The van der Waals surface area contributed by atoms with E-state index in [2.05, 4.69) is 33.0 Å². The van der Waals surface area contributed by atoms with Gasteiger partial charge in [0.15, 0.2) is 0 Å². The molecule has 2 aromatic rings. The monoisotopic (exact) mass is 274 g/mol. The maximum atomic E-state index is 4.50. The molecule has 0 aromatic carbocycles. The third-order valence-corrected chi connectivity index (χ3v) is 5.76. The van der Waals surface area contributed by atoms with Gasteiger partial charge in [0, 0.05) is 29.5 Å². The smallest absolute Gasteiger partial charge is 0.142 e. The van der Waals surface area contributed by atoms with Crippen LogP contribution in [-0.4, -0.2) is 38.3 Å². The van der Waals surface area contributed by atoms with Gasteiger partial charge < -0.3 is 9.88 Å². The van der Waals surface area contributed by atoms with Crippen molar-refractivity contribution in [2.45, 2.75) is 37.8 Å². The van der Waals surface area contributed by atoms with Crippen LogP contribution in [0.2, 0.25) is 6.04 Å². The first-order chi connectivity index (χ1) is 9.29. The molecule has 1 aliphatic carbocycles. The predicted molar refractivity (Wildman–Crippen MR) is 82.8 cm³/mol. The molecule has 0 amide bonds. The van der Waals surface area contributed by atoms with E-state index in [1.54, 1.807) is 6.33 Å². The molecule has 2 heterocycles. The zero-order valence-corrected chi connectivity index (χ0v) is 13.8. The van der Waals surface area contributed by atoms with Crippen LogP contribution in [0.15, 0.2) is 18.6 Å². The standard InChI is InChI=1S/C14H22N4Si/c1-18(11-4-2-10(8-19)3-5-11)14-12-6-7-15-13(12)16-9-17-14/h6-7,9-11H,2-5,8H2,1,19H3,(H,15,16,17). The van der Waals surface area contributed by atoms with Crippen LogP contribution in [0.5, 0.6) is 0 Å². The summed E-state index contributed by atoms with van der Waals surface area (Å²) in [5, 5.41) is 1.13. The topological polar surface area (TPSA) is 44.8 Å². The summed E-state index contributed by atoms with van der Waals surface area (Å²) in [6.45, 7) is 0. The number of hydrogen-bond donors (Lipinski definition) is 1. The van der Waals surface area contributed by atoms with Gasteiger partial charge in [0.05, 0.1) is 5.39 Å². The quantitative estimate of drug-likeness (QED) is 0.867. The van der Waals surface area contributed by atoms with Gasteiger partial charge >= 0.3 is 0 Å². The van der Waals surface area contributed by atoms with E-state index in [1.165, 1.54) is 42.0 Å². The van der Waals surface area contributed by atoms with E-state index < -0.39 is 0 Å². The van der Waals surface area contributed by atoms with Crippen LogP contribution in [0.1, 0.15) is 25.7 Å². The molecule has 1 N–H and O–H groups in total. The number of nitrogens with zero attached hydrogens (tertiary/aromatic N) is 3. The number of aromatic amines is 1. The number of anilines is 1. The molecule has 2 aromatic heterocycles. The zero-order chi connectivity index (χ0) is 13.2. The number of rotatable bonds is 3. The maximum absolute atomic E-state index is 4.50. The molecule has 0 radical (unpaired) electrons. The van der Waals surface area contributed by atoms with Gasteiger partial charge in [-0.1, -0.05) is 6.04 Å². The minimum atomic E-state index is 0.637. The van der Waals surface area contributed by atoms with Crippen LogP contribution in [0.25, 0.3) is 11.0 Å². The summed E-state index contributed by atoms with van der Waals surface area (Å²) in [7, 11) is 3.53. The molecule has 5 heteroatoms. The first-order valence-electron chi connectivity index (χ1n) is 7.30. The third-order valence-electron chi connectivity index (χ3n) is 4.61. The van der Waals surface area contributed by atoms with Crippen LogP contribution in [0, 0.1) is 5.92 Å². The Labute approximate surface area is 117 Å². The first kappa shape index (κ1) is 12.7. The average molecular weight is 274 g/mol. The Morgan fingerprint density at radius 1 is 1.32 bits per heavy atom. The lowest BCUT2D eigenvalue weighted by molar-refractivity contribution is 0.340. The lowest BCUT2D eigenvalue weighted by Crippen LogP contribution is -2.35. The van der Waals surface area contributed by atoms with Gasteiger partial charge in [-0.05, 0) is 37.7 Å². The van der Waals surface area contributed by atoms with E-state index in [0.717, 1.165) is 22.8 Å². The van der Waals surface area contributed by atoms with Crippen molar-refractivity contribution in [3.8, 4) is 0 Å². The molecule has 1 fully saturated rings. The lowest BCUT2D eigenvalue weighted by atomic mass is 9.86. The molecule has 19 heavy (non-hydrogen) atoms. The first-order valence-corrected chi connectivity index (χ1v) is 8.72. The van der Waals surface area contributed by atoms with Crippen molar-refractivity contribution in [1.82, 2.24) is 15.0 Å².